The van der Waals surface area contributed by atoms with Gasteiger partial charge in [-0.05, 0) is 30.3 Å². The van der Waals surface area contributed by atoms with Crippen LogP contribution in [-0.2, 0) is 0 Å². The van der Waals surface area contributed by atoms with Crippen molar-refractivity contribution in [2.45, 2.75) is 0 Å². The lowest BCUT2D eigenvalue weighted by atomic mass is 10.0. The van der Waals surface area contributed by atoms with Gasteiger partial charge in [-0.25, -0.2) is 8.78 Å². The second kappa shape index (κ2) is 9.03. The summed E-state index contributed by atoms with van der Waals surface area (Å²) < 4.78 is 33.8. The first-order valence-electron chi connectivity index (χ1n) is 11.3. The van der Waals surface area contributed by atoms with Crippen molar-refractivity contribution in [3.8, 4) is 22.8 Å². The Morgan fingerprint density at radius 3 is 2.28 bits per heavy atom. The van der Waals surface area contributed by atoms with Gasteiger partial charge in [0.05, 0.1) is 10.9 Å². The lowest BCUT2D eigenvalue weighted by Gasteiger charge is -2.12. The Hall–Kier alpha value is -4.91. The molecule has 0 spiro atoms. The number of benzene rings is 4. The first kappa shape index (κ1) is 21.6. The van der Waals surface area contributed by atoms with E-state index in [0.29, 0.717) is 11.6 Å². The van der Waals surface area contributed by atoms with Gasteiger partial charge < -0.3 is 10.1 Å². The first-order valence-corrected chi connectivity index (χ1v) is 11.3. The smallest absolute Gasteiger partial charge is 0.161 e. The molecule has 0 saturated carbocycles. The normalized spacial score (nSPS) is 11.1. The molecule has 1 N–H and O–H groups in total. The predicted octanol–water partition coefficient (Wildman–Crippen LogP) is 7.66. The topological polar surface area (TPSA) is 59.9 Å². The Bertz CT molecular complexity index is 1710. The van der Waals surface area contributed by atoms with Gasteiger partial charge in [0, 0.05) is 40.4 Å². The highest BCUT2D eigenvalue weighted by atomic mass is 19.1. The third-order valence-electron chi connectivity index (χ3n) is 5.80. The minimum atomic E-state index is -0.726. The Morgan fingerprint density at radius 1 is 0.722 bits per heavy atom. The van der Waals surface area contributed by atoms with E-state index in [-0.39, 0.29) is 16.7 Å². The number of aromatic nitrogens is 3. The zero-order chi connectivity index (χ0) is 24.5. The fourth-order valence-corrected chi connectivity index (χ4v) is 4.13. The summed E-state index contributed by atoms with van der Waals surface area (Å²) in [5.41, 5.74) is 2.78. The molecule has 7 heteroatoms. The van der Waals surface area contributed by atoms with Crippen molar-refractivity contribution >= 4 is 33.2 Å². The maximum atomic E-state index is 14.4. The number of halogens is 2. The number of anilines is 2. The minimum absolute atomic E-state index is 0.126. The van der Waals surface area contributed by atoms with Gasteiger partial charge in [0.25, 0.3) is 0 Å². The largest absolute Gasteiger partial charge is 0.456 e. The number of hydrogen-bond acceptors (Lipinski definition) is 5. The van der Waals surface area contributed by atoms with E-state index in [2.05, 4.69) is 20.5 Å². The molecule has 0 bridgehead atoms. The number of rotatable bonds is 5. The molecule has 6 rings (SSSR count). The minimum Gasteiger partial charge on any atom is -0.456 e. The van der Waals surface area contributed by atoms with Crippen LogP contribution in [0.2, 0.25) is 0 Å². The van der Waals surface area contributed by atoms with Crippen LogP contribution >= 0.6 is 0 Å². The van der Waals surface area contributed by atoms with Gasteiger partial charge >= 0.3 is 0 Å². The number of nitrogens with zero attached hydrogens (tertiary/aromatic N) is 3. The quantitative estimate of drug-likeness (QED) is 0.277. The number of fused-ring (bicyclic) bond motifs is 2. The first-order chi connectivity index (χ1) is 17.7. The Kier molecular flexibility index (Phi) is 5.42. The second-order valence-corrected chi connectivity index (χ2v) is 8.15. The van der Waals surface area contributed by atoms with Crippen LogP contribution in [0, 0.1) is 11.6 Å². The third-order valence-corrected chi connectivity index (χ3v) is 5.80. The number of nitrogens with one attached hydrogen (secondary N) is 1. The van der Waals surface area contributed by atoms with E-state index in [9.17, 15) is 8.78 Å². The molecular weight excluding hydrogens is 458 g/mol. The summed E-state index contributed by atoms with van der Waals surface area (Å²) in [6.45, 7) is 0. The molecule has 36 heavy (non-hydrogen) atoms. The SMILES string of the molecule is Fc1cc(F)c2c(Oc3ccc(Nc4nnc(-c5ccccc5)c5ccccc45)cc3)ccnc2c1. The maximum Gasteiger partial charge on any atom is 0.161 e. The van der Waals surface area contributed by atoms with Crippen LogP contribution in [0.25, 0.3) is 32.9 Å². The summed E-state index contributed by atoms with van der Waals surface area (Å²) in [4.78, 5) is 4.03. The highest BCUT2D eigenvalue weighted by molar-refractivity contribution is 6.00. The van der Waals surface area contributed by atoms with Crippen LogP contribution in [0.4, 0.5) is 20.3 Å². The Morgan fingerprint density at radius 2 is 1.47 bits per heavy atom. The molecule has 0 aliphatic rings. The fourth-order valence-electron chi connectivity index (χ4n) is 4.13. The van der Waals surface area contributed by atoms with Crippen LogP contribution in [0.5, 0.6) is 11.5 Å². The summed E-state index contributed by atoms with van der Waals surface area (Å²) >= 11 is 0. The van der Waals surface area contributed by atoms with Gasteiger partial charge in [-0.2, -0.15) is 0 Å². The molecule has 2 aromatic heterocycles. The van der Waals surface area contributed by atoms with E-state index in [1.807, 2.05) is 66.7 Å². The molecule has 0 aliphatic carbocycles. The highest BCUT2D eigenvalue weighted by Crippen LogP contribution is 2.33. The molecule has 4 aromatic carbocycles. The summed E-state index contributed by atoms with van der Waals surface area (Å²) in [6.07, 6.45) is 1.45. The average molecular weight is 476 g/mol. The number of pyridine rings is 1. The molecule has 0 radical (unpaired) electrons. The van der Waals surface area contributed by atoms with Crippen molar-refractivity contribution in [1.82, 2.24) is 15.2 Å². The summed E-state index contributed by atoms with van der Waals surface area (Å²) in [6, 6.07) is 28.6. The van der Waals surface area contributed by atoms with Crippen molar-refractivity contribution < 1.29 is 13.5 Å². The zero-order valence-corrected chi connectivity index (χ0v) is 18.8. The molecule has 174 valence electrons. The lowest BCUT2D eigenvalue weighted by molar-refractivity contribution is 0.484. The van der Waals surface area contributed by atoms with Gasteiger partial charge in [-0.1, -0.05) is 54.6 Å². The van der Waals surface area contributed by atoms with Crippen molar-refractivity contribution in [1.29, 1.82) is 0 Å². The highest BCUT2D eigenvalue weighted by Gasteiger charge is 2.13. The Labute approximate surface area is 205 Å². The van der Waals surface area contributed by atoms with Gasteiger partial charge in [0.15, 0.2) is 5.82 Å². The molecule has 0 unspecified atom stereocenters. The average Bonchev–Trinajstić information content (AvgIpc) is 2.90. The molecule has 0 aliphatic heterocycles. The van der Waals surface area contributed by atoms with E-state index >= 15 is 0 Å². The number of ether oxygens (including phenoxy) is 1. The van der Waals surface area contributed by atoms with Gasteiger partial charge in [-0.3, -0.25) is 4.98 Å². The maximum absolute atomic E-state index is 14.4. The molecule has 6 aromatic rings. The van der Waals surface area contributed by atoms with Crippen LogP contribution in [0.1, 0.15) is 0 Å². The molecule has 0 saturated heterocycles. The molecule has 0 fully saturated rings. The molecule has 2 heterocycles. The van der Waals surface area contributed by atoms with Crippen molar-refractivity contribution in [3.63, 3.8) is 0 Å². The van der Waals surface area contributed by atoms with Crippen LogP contribution < -0.4 is 10.1 Å². The second-order valence-electron chi connectivity index (χ2n) is 8.15. The van der Waals surface area contributed by atoms with Crippen LogP contribution in [-0.4, -0.2) is 15.2 Å². The summed E-state index contributed by atoms with van der Waals surface area (Å²) in [5.74, 6) is -0.0369. The summed E-state index contributed by atoms with van der Waals surface area (Å²) in [7, 11) is 0. The monoisotopic (exact) mass is 476 g/mol. The molecular formula is C29H18F2N4O. The van der Waals surface area contributed by atoms with E-state index in [1.54, 1.807) is 18.2 Å². The van der Waals surface area contributed by atoms with E-state index in [4.69, 9.17) is 4.74 Å². The standard InChI is InChI=1S/C29H18F2N4O/c30-19-16-24(31)27-25(17-19)32-15-14-26(27)36-21-12-10-20(11-13-21)33-29-23-9-5-4-8-22(23)28(34-35-29)18-6-2-1-3-7-18/h1-17H,(H,33,35). The van der Waals surface area contributed by atoms with Gasteiger partial charge in [-0.15, -0.1) is 10.2 Å². The van der Waals surface area contributed by atoms with Crippen LogP contribution in [0.3, 0.4) is 0 Å². The van der Waals surface area contributed by atoms with Crippen molar-refractivity contribution in [2.24, 2.45) is 0 Å². The number of hydrogen-bond donors (Lipinski definition) is 1. The van der Waals surface area contributed by atoms with Gasteiger partial charge in [0.2, 0.25) is 0 Å². The summed E-state index contributed by atoms with van der Waals surface area (Å²) in [5, 5.41) is 14.3. The predicted molar refractivity (Wildman–Crippen MR) is 136 cm³/mol. The lowest BCUT2D eigenvalue weighted by Crippen LogP contribution is -1.99. The third kappa shape index (κ3) is 4.07. The molecule has 5 nitrogen and oxygen atoms in total. The van der Waals surface area contributed by atoms with Crippen LogP contribution in [0.15, 0.2) is 103 Å². The van der Waals surface area contributed by atoms with E-state index in [1.165, 1.54) is 12.3 Å². The molecule has 0 amide bonds. The Balaban J connectivity index is 1.28. The van der Waals surface area contributed by atoms with E-state index < -0.39 is 11.6 Å². The van der Waals surface area contributed by atoms with Gasteiger partial charge in [0.1, 0.15) is 28.8 Å². The fraction of sp³-hybridized carbons (Fsp3) is 0. The van der Waals surface area contributed by atoms with E-state index in [0.717, 1.165) is 33.8 Å². The van der Waals surface area contributed by atoms with Crippen molar-refractivity contribution in [3.05, 3.63) is 115 Å². The zero-order valence-electron chi connectivity index (χ0n) is 18.8. The molecule has 0 atom stereocenters. The van der Waals surface area contributed by atoms with Crippen molar-refractivity contribution in [2.75, 3.05) is 5.32 Å².